The molecule has 0 bridgehead atoms. The van der Waals surface area contributed by atoms with Crippen molar-refractivity contribution in [3.05, 3.63) is 38.9 Å². The third-order valence-corrected chi connectivity index (χ3v) is 4.18. The van der Waals surface area contributed by atoms with Crippen molar-refractivity contribution in [3.63, 3.8) is 0 Å². The lowest BCUT2D eigenvalue weighted by Gasteiger charge is -2.33. The van der Waals surface area contributed by atoms with E-state index in [9.17, 15) is 19.7 Å². The quantitative estimate of drug-likeness (QED) is 0.618. The minimum Gasteiger partial charge on any atom is -0.481 e. The van der Waals surface area contributed by atoms with Crippen molar-refractivity contribution < 1.29 is 19.6 Å². The van der Waals surface area contributed by atoms with Crippen molar-refractivity contribution in [2.24, 2.45) is 5.92 Å². The van der Waals surface area contributed by atoms with Gasteiger partial charge < -0.3 is 10.4 Å². The van der Waals surface area contributed by atoms with Crippen LogP contribution >= 0.6 is 0 Å². The lowest BCUT2D eigenvalue weighted by Crippen LogP contribution is -2.51. The van der Waals surface area contributed by atoms with Crippen LogP contribution in [0.25, 0.3) is 0 Å². The molecule has 0 heterocycles. The molecule has 0 fully saturated rings. The Hall–Kier alpha value is -2.44. The van der Waals surface area contributed by atoms with Crippen molar-refractivity contribution in [1.82, 2.24) is 5.32 Å². The van der Waals surface area contributed by atoms with E-state index in [0.717, 1.165) is 0 Å². The maximum absolute atomic E-state index is 12.5. The Bertz CT molecular complexity index is 654. The molecule has 1 rings (SSSR count). The van der Waals surface area contributed by atoms with Crippen LogP contribution in [0.1, 0.15) is 48.7 Å². The predicted octanol–water partition coefficient (Wildman–Crippen LogP) is 2.83. The molecule has 1 atom stereocenters. The van der Waals surface area contributed by atoms with E-state index in [-0.39, 0.29) is 23.6 Å². The lowest BCUT2D eigenvalue weighted by atomic mass is 9.84. The van der Waals surface area contributed by atoms with Crippen molar-refractivity contribution in [1.29, 1.82) is 0 Å². The number of rotatable bonds is 6. The SMILES string of the molecule is Cc1cc(C)c([N+](=O)[O-])cc1C(=O)NC(C)(CC(=O)O)C(C)C. The van der Waals surface area contributed by atoms with E-state index < -0.39 is 22.3 Å². The Morgan fingerprint density at radius 1 is 1.30 bits per heavy atom. The number of carboxylic acids is 1. The molecule has 0 radical (unpaired) electrons. The number of aryl methyl sites for hydroxylation is 2. The number of nitro groups is 1. The van der Waals surface area contributed by atoms with Gasteiger partial charge in [-0.05, 0) is 38.3 Å². The van der Waals surface area contributed by atoms with Crippen molar-refractivity contribution in [3.8, 4) is 0 Å². The molecule has 1 unspecified atom stereocenters. The van der Waals surface area contributed by atoms with Gasteiger partial charge in [0.15, 0.2) is 0 Å². The number of amides is 1. The molecule has 0 saturated heterocycles. The zero-order valence-corrected chi connectivity index (χ0v) is 14.0. The summed E-state index contributed by atoms with van der Waals surface area (Å²) in [4.78, 5) is 34.1. The molecular formula is C16H22N2O5. The van der Waals surface area contributed by atoms with E-state index in [0.29, 0.717) is 11.1 Å². The van der Waals surface area contributed by atoms with Gasteiger partial charge in [-0.2, -0.15) is 0 Å². The van der Waals surface area contributed by atoms with Gasteiger partial charge in [0.25, 0.3) is 11.6 Å². The highest BCUT2D eigenvalue weighted by molar-refractivity contribution is 5.97. The summed E-state index contributed by atoms with van der Waals surface area (Å²) in [6.45, 7) is 8.58. The van der Waals surface area contributed by atoms with Crippen molar-refractivity contribution in [2.75, 3.05) is 0 Å². The zero-order chi connectivity index (χ0) is 17.9. The summed E-state index contributed by atoms with van der Waals surface area (Å²) in [5, 5.41) is 22.8. The fourth-order valence-corrected chi connectivity index (χ4v) is 2.32. The van der Waals surface area contributed by atoms with Crippen LogP contribution in [0.2, 0.25) is 0 Å². The molecule has 23 heavy (non-hydrogen) atoms. The molecule has 0 saturated carbocycles. The minimum absolute atomic E-state index is 0.122. The number of nitro benzene ring substituents is 1. The normalized spacial score (nSPS) is 13.5. The van der Waals surface area contributed by atoms with Gasteiger partial charge in [0, 0.05) is 17.2 Å². The van der Waals surface area contributed by atoms with Crippen molar-refractivity contribution in [2.45, 2.75) is 46.6 Å². The topological polar surface area (TPSA) is 110 Å². The number of benzene rings is 1. The second-order valence-corrected chi connectivity index (χ2v) is 6.31. The average molecular weight is 322 g/mol. The van der Waals surface area contributed by atoms with Gasteiger partial charge in [-0.25, -0.2) is 0 Å². The number of carboxylic acid groups (broad SMARTS) is 1. The Balaban J connectivity index is 3.21. The third kappa shape index (κ3) is 4.28. The van der Waals surface area contributed by atoms with Crippen molar-refractivity contribution >= 4 is 17.6 Å². The molecule has 0 spiro atoms. The van der Waals surface area contributed by atoms with Gasteiger partial charge in [0.05, 0.1) is 16.9 Å². The second-order valence-electron chi connectivity index (χ2n) is 6.31. The smallest absolute Gasteiger partial charge is 0.305 e. The van der Waals surface area contributed by atoms with E-state index in [2.05, 4.69) is 5.32 Å². The first kappa shape index (κ1) is 18.6. The number of hydrogen-bond donors (Lipinski definition) is 2. The average Bonchev–Trinajstić information content (AvgIpc) is 2.36. The minimum atomic E-state index is -1.02. The van der Waals surface area contributed by atoms with Gasteiger partial charge in [-0.15, -0.1) is 0 Å². The monoisotopic (exact) mass is 322 g/mol. The molecule has 0 aliphatic rings. The highest BCUT2D eigenvalue weighted by atomic mass is 16.6. The highest BCUT2D eigenvalue weighted by Gasteiger charge is 2.33. The van der Waals surface area contributed by atoms with Crippen LogP contribution in [-0.2, 0) is 4.79 Å². The number of hydrogen-bond acceptors (Lipinski definition) is 4. The second kappa shape index (κ2) is 6.76. The van der Waals surface area contributed by atoms with E-state index in [4.69, 9.17) is 5.11 Å². The first-order chi connectivity index (χ1) is 10.5. The first-order valence-corrected chi connectivity index (χ1v) is 7.28. The summed E-state index contributed by atoms with van der Waals surface area (Å²) >= 11 is 0. The summed E-state index contributed by atoms with van der Waals surface area (Å²) in [5.74, 6) is -1.65. The van der Waals surface area contributed by atoms with Crippen LogP contribution in [0, 0.1) is 29.9 Å². The van der Waals surface area contributed by atoms with Crippen LogP contribution in [0.5, 0.6) is 0 Å². The van der Waals surface area contributed by atoms with Crippen LogP contribution < -0.4 is 5.32 Å². The number of carbonyl (C=O) groups excluding carboxylic acids is 1. The summed E-state index contributed by atoms with van der Waals surface area (Å²) in [7, 11) is 0. The standard InChI is InChI=1S/C16H22N2O5/c1-9(2)16(5,8-14(19)20)17-15(21)12-7-13(18(22)23)11(4)6-10(12)3/h6-7,9H,8H2,1-5H3,(H,17,21)(H,19,20). The molecular weight excluding hydrogens is 300 g/mol. The molecule has 1 aromatic rings. The molecule has 7 heteroatoms. The summed E-state index contributed by atoms with van der Waals surface area (Å²) in [6.07, 6.45) is -0.233. The summed E-state index contributed by atoms with van der Waals surface area (Å²) < 4.78 is 0. The maximum Gasteiger partial charge on any atom is 0.305 e. The zero-order valence-electron chi connectivity index (χ0n) is 14.0. The molecule has 0 aliphatic carbocycles. The van der Waals surface area contributed by atoms with Crippen LogP contribution in [0.15, 0.2) is 12.1 Å². The van der Waals surface area contributed by atoms with Crippen LogP contribution in [0.3, 0.4) is 0 Å². The van der Waals surface area contributed by atoms with Gasteiger partial charge in [0.1, 0.15) is 0 Å². The fourth-order valence-electron chi connectivity index (χ4n) is 2.32. The molecule has 1 amide bonds. The molecule has 7 nitrogen and oxygen atoms in total. The summed E-state index contributed by atoms with van der Waals surface area (Å²) in [5.41, 5.74) is 0.174. The summed E-state index contributed by atoms with van der Waals surface area (Å²) in [6, 6.07) is 2.82. The highest BCUT2D eigenvalue weighted by Crippen LogP contribution is 2.25. The predicted molar refractivity (Wildman–Crippen MR) is 85.5 cm³/mol. The van der Waals surface area contributed by atoms with Gasteiger partial charge in [0.2, 0.25) is 0 Å². The first-order valence-electron chi connectivity index (χ1n) is 7.28. The molecule has 2 N–H and O–H groups in total. The van der Waals surface area contributed by atoms with Gasteiger partial charge in [-0.1, -0.05) is 13.8 Å². The largest absolute Gasteiger partial charge is 0.481 e. The van der Waals surface area contributed by atoms with E-state index >= 15 is 0 Å². The fraction of sp³-hybridized carbons (Fsp3) is 0.500. The van der Waals surface area contributed by atoms with Gasteiger partial charge >= 0.3 is 5.97 Å². The third-order valence-electron chi connectivity index (χ3n) is 4.18. The van der Waals surface area contributed by atoms with Gasteiger partial charge in [-0.3, -0.25) is 19.7 Å². The van der Waals surface area contributed by atoms with Crippen LogP contribution in [0.4, 0.5) is 5.69 Å². The Labute approximate surface area is 134 Å². The van der Waals surface area contributed by atoms with E-state index in [1.165, 1.54) is 6.07 Å². The molecule has 1 aromatic carbocycles. The number of nitrogens with one attached hydrogen (secondary N) is 1. The number of carbonyl (C=O) groups is 2. The Kier molecular flexibility index (Phi) is 5.47. The number of nitrogens with zero attached hydrogens (tertiary/aromatic N) is 1. The Morgan fingerprint density at radius 3 is 2.30 bits per heavy atom. The molecule has 0 aliphatic heterocycles. The lowest BCUT2D eigenvalue weighted by molar-refractivity contribution is -0.385. The molecule has 0 aromatic heterocycles. The number of aliphatic carboxylic acids is 1. The van der Waals surface area contributed by atoms with Crippen LogP contribution in [-0.4, -0.2) is 27.4 Å². The van der Waals surface area contributed by atoms with E-state index in [1.807, 2.05) is 13.8 Å². The van der Waals surface area contributed by atoms with E-state index in [1.54, 1.807) is 26.8 Å². The maximum atomic E-state index is 12.5. The Morgan fingerprint density at radius 2 is 1.87 bits per heavy atom. The molecule has 126 valence electrons.